The highest BCUT2D eigenvalue weighted by molar-refractivity contribution is 5.77. The van der Waals surface area contributed by atoms with E-state index in [2.05, 4.69) is 9.64 Å². The van der Waals surface area contributed by atoms with E-state index in [1.807, 2.05) is 4.90 Å². The third-order valence-corrected chi connectivity index (χ3v) is 6.77. The Morgan fingerprint density at radius 3 is 2.39 bits per heavy atom. The molecule has 1 atom stereocenters. The molecule has 160 valence electrons. The molecular weight excluding hydrogens is 356 g/mol. The van der Waals surface area contributed by atoms with Crippen LogP contribution in [0.4, 0.5) is 0 Å². The van der Waals surface area contributed by atoms with Gasteiger partial charge in [-0.3, -0.25) is 9.59 Å². The van der Waals surface area contributed by atoms with Crippen LogP contribution in [0.25, 0.3) is 0 Å². The Bertz CT molecular complexity index is 493. The van der Waals surface area contributed by atoms with Gasteiger partial charge in [-0.25, -0.2) is 0 Å². The summed E-state index contributed by atoms with van der Waals surface area (Å²) in [4.78, 5) is 28.9. The standard InChI is InChI=1S/C22H38N2O4/c1-27-22(26)10-4-9-21(25)24(17-20-8-5-15-28-20)16-18-11-13-23(14-12-18)19-6-2-3-7-19/h18-20H,2-17H2,1H3/t20-/m1/s1. The van der Waals surface area contributed by atoms with Gasteiger partial charge < -0.3 is 19.3 Å². The fraction of sp³-hybridized carbons (Fsp3) is 0.909. The van der Waals surface area contributed by atoms with E-state index in [0.29, 0.717) is 31.7 Å². The van der Waals surface area contributed by atoms with Crippen molar-refractivity contribution in [1.29, 1.82) is 0 Å². The van der Waals surface area contributed by atoms with Crippen molar-refractivity contribution in [3.05, 3.63) is 0 Å². The number of hydrogen-bond acceptors (Lipinski definition) is 5. The normalized spacial score (nSPS) is 24.5. The van der Waals surface area contributed by atoms with Crippen LogP contribution in [0, 0.1) is 5.92 Å². The fourth-order valence-electron chi connectivity index (χ4n) is 5.04. The van der Waals surface area contributed by atoms with Gasteiger partial charge in [-0.15, -0.1) is 0 Å². The molecule has 3 aliphatic rings. The minimum Gasteiger partial charge on any atom is -0.469 e. The molecule has 0 N–H and O–H groups in total. The van der Waals surface area contributed by atoms with Gasteiger partial charge in [0.05, 0.1) is 13.2 Å². The number of nitrogens with zero attached hydrogens (tertiary/aromatic N) is 2. The van der Waals surface area contributed by atoms with Gasteiger partial charge in [0, 0.05) is 38.6 Å². The molecular formula is C22H38N2O4. The van der Waals surface area contributed by atoms with E-state index in [-0.39, 0.29) is 18.0 Å². The Morgan fingerprint density at radius 1 is 1.00 bits per heavy atom. The molecule has 0 bridgehead atoms. The molecule has 2 heterocycles. The largest absolute Gasteiger partial charge is 0.469 e. The quantitative estimate of drug-likeness (QED) is 0.563. The summed E-state index contributed by atoms with van der Waals surface area (Å²) in [5.41, 5.74) is 0. The molecule has 0 aromatic heterocycles. The van der Waals surface area contributed by atoms with Crippen LogP contribution in [0.3, 0.4) is 0 Å². The first-order chi connectivity index (χ1) is 13.7. The highest BCUT2D eigenvalue weighted by atomic mass is 16.5. The van der Waals surface area contributed by atoms with Crippen LogP contribution in [0.2, 0.25) is 0 Å². The molecule has 3 rings (SSSR count). The van der Waals surface area contributed by atoms with Crippen molar-refractivity contribution in [2.24, 2.45) is 5.92 Å². The lowest BCUT2D eigenvalue weighted by Gasteiger charge is -2.38. The van der Waals surface area contributed by atoms with E-state index in [0.717, 1.165) is 32.0 Å². The molecule has 0 aromatic carbocycles. The smallest absolute Gasteiger partial charge is 0.305 e. The van der Waals surface area contributed by atoms with Crippen LogP contribution < -0.4 is 0 Å². The topological polar surface area (TPSA) is 59.1 Å². The summed E-state index contributed by atoms with van der Waals surface area (Å²) in [6.45, 7) is 4.73. The number of carbonyl (C=O) groups excluding carboxylic acids is 2. The monoisotopic (exact) mass is 394 g/mol. The number of methoxy groups -OCH3 is 1. The average molecular weight is 395 g/mol. The molecule has 0 unspecified atom stereocenters. The number of piperidine rings is 1. The van der Waals surface area contributed by atoms with Crippen LogP contribution >= 0.6 is 0 Å². The number of amides is 1. The van der Waals surface area contributed by atoms with E-state index < -0.39 is 0 Å². The van der Waals surface area contributed by atoms with Crippen LogP contribution in [0.15, 0.2) is 0 Å². The number of rotatable bonds is 9. The van der Waals surface area contributed by atoms with Crippen molar-refractivity contribution < 1.29 is 19.1 Å². The average Bonchev–Trinajstić information content (AvgIpc) is 3.42. The van der Waals surface area contributed by atoms with Crippen molar-refractivity contribution in [2.75, 3.05) is 39.9 Å². The molecule has 0 radical (unpaired) electrons. The first-order valence-corrected chi connectivity index (χ1v) is 11.4. The molecule has 0 spiro atoms. The van der Waals surface area contributed by atoms with Crippen molar-refractivity contribution in [1.82, 2.24) is 9.80 Å². The SMILES string of the molecule is COC(=O)CCCC(=O)N(CC1CCN(C2CCCC2)CC1)C[C@H]1CCCO1. The third kappa shape index (κ3) is 6.45. The highest BCUT2D eigenvalue weighted by Crippen LogP contribution is 2.28. The van der Waals surface area contributed by atoms with Crippen LogP contribution in [0.1, 0.15) is 70.6 Å². The zero-order valence-electron chi connectivity index (χ0n) is 17.6. The van der Waals surface area contributed by atoms with E-state index >= 15 is 0 Å². The predicted octanol–water partition coefficient (Wildman–Crippen LogP) is 2.99. The predicted molar refractivity (Wildman–Crippen MR) is 108 cm³/mol. The van der Waals surface area contributed by atoms with Crippen LogP contribution in [-0.4, -0.2) is 73.7 Å². The molecule has 28 heavy (non-hydrogen) atoms. The molecule has 6 nitrogen and oxygen atoms in total. The Kier molecular flexibility index (Phi) is 8.59. The molecule has 2 saturated heterocycles. The third-order valence-electron chi connectivity index (χ3n) is 6.77. The summed E-state index contributed by atoms with van der Waals surface area (Å²) in [6.07, 6.45) is 11.5. The number of esters is 1. The number of ether oxygens (including phenoxy) is 2. The minimum absolute atomic E-state index is 0.164. The summed E-state index contributed by atoms with van der Waals surface area (Å²) < 4.78 is 10.5. The lowest BCUT2D eigenvalue weighted by molar-refractivity contribution is -0.141. The molecule has 2 aliphatic heterocycles. The Balaban J connectivity index is 1.47. The second-order valence-electron chi connectivity index (χ2n) is 8.78. The molecule has 1 aliphatic carbocycles. The minimum atomic E-state index is -0.238. The highest BCUT2D eigenvalue weighted by Gasteiger charge is 2.30. The maximum atomic E-state index is 12.9. The maximum absolute atomic E-state index is 12.9. The Morgan fingerprint density at radius 2 is 1.75 bits per heavy atom. The summed E-state index contributed by atoms with van der Waals surface area (Å²) in [5.74, 6) is 0.513. The number of carbonyl (C=O) groups is 2. The van der Waals surface area contributed by atoms with Gasteiger partial charge in [-0.2, -0.15) is 0 Å². The summed E-state index contributed by atoms with van der Waals surface area (Å²) in [7, 11) is 1.39. The lowest BCUT2D eigenvalue weighted by Crippen LogP contribution is -2.45. The first-order valence-electron chi connectivity index (χ1n) is 11.4. The van der Waals surface area contributed by atoms with E-state index in [1.54, 1.807) is 0 Å². The van der Waals surface area contributed by atoms with Crippen LogP contribution in [-0.2, 0) is 19.1 Å². The van der Waals surface area contributed by atoms with Crippen LogP contribution in [0.5, 0.6) is 0 Å². The van der Waals surface area contributed by atoms with E-state index in [4.69, 9.17) is 4.74 Å². The molecule has 1 saturated carbocycles. The first kappa shape index (κ1) is 21.6. The molecule has 1 amide bonds. The van der Waals surface area contributed by atoms with Gasteiger partial charge in [-0.05, 0) is 64.0 Å². The van der Waals surface area contributed by atoms with Gasteiger partial charge in [0.15, 0.2) is 0 Å². The zero-order chi connectivity index (χ0) is 19.8. The van der Waals surface area contributed by atoms with Gasteiger partial charge in [0.2, 0.25) is 5.91 Å². The van der Waals surface area contributed by atoms with Crippen molar-refractivity contribution in [3.8, 4) is 0 Å². The lowest BCUT2D eigenvalue weighted by atomic mass is 9.94. The second-order valence-corrected chi connectivity index (χ2v) is 8.78. The van der Waals surface area contributed by atoms with Crippen molar-refractivity contribution >= 4 is 11.9 Å². The van der Waals surface area contributed by atoms with Gasteiger partial charge >= 0.3 is 5.97 Å². The summed E-state index contributed by atoms with van der Waals surface area (Å²) in [6, 6.07) is 0.809. The van der Waals surface area contributed by atoms with E-state index in [9.17, 15) is 9.59 Å². The molecule has 0 aromatic rings. The van der Waals surface area contributed by atoms with Gasteiger partial charge in [-0.1, -0.05) is 12.8 Å². The fourth-order valence-corrected chi connectivity index (χ4v) is 5.04. The van der Waals surface area contributed by atoms with Crippen molar-refractivity contribution in [3.63, 3.8) is 0 Å². The molecule has 3 fully saturated rings. The van der Waals surface area contributed by atoms with Gasteiger partial charge in [0.25, 0.3) is 0 Å². The maximum Gasteiger partial charge on any atom is 0.305 e. The second kappa shape index (κ2) is 11.1. The number of hydrogen-bond donors (Lipinski definition) is 0. The zero-order valence-corrected chi connectivity index (χ0v) is 17.6. The Labute approximate surface area is 169 Å². The van der Waals surface area contributed by atoms with Crippen molar-refractivity contribution in [2.45, 2.75) is 82.8 Å². The summed E-state index contributed by atoms with van der Waals surface area (Å²) >= 11 is 0. The Hall–Kier alpha value is -1.14. The number of likely N-dealkylation sites (tertiary alicyclic amines) is 1. The molecule has 6 heteroatoms. The summed E-state index contributed by atoms with van der Waals surface area (Å²) in [5, 5.41) is 0. The van der Waals surface area contributed by atoms with Gasteiger partial charge in [0.1, 0.15) is 0 Å². The van der Waals surface area contributed by atoms with E-state index in [1.165, 1.54) is 58.7 Å².